The van der Waals surface area contributed by atoms with Gasteiger partial charge < -0.3 is 20.6 Å². The van der Waals surface area contributed by atoms with E-state index in [2.05, 4.69) is 4.90 Å². The van der Waals surface area contributed by atoms with Gasteiger partial charge in [-0.25, -0.2) is 0 Å². The molecule has 19 heavy (non-hydrogen) atoms. The Labute approximate surface area is 112 Å². The van der Waals surface area contributed by atoms with E-state index in [0.29, 0.717) is 18.8 Å². The summed E-state index contributed by atoms with van der Waals surface area (Å²) in [6.45, 7) is 2.82. The Morgan fingerprint density at radius 2 is 1.79 bits per heavy atom. The van der Waals surface area contributed by atoms with Gasteiger partial charge in [-0.05, 0) is 25.0 Å². The number of benzene rings is 1. The number of aromatic hydroxyl groups is 1. The zero-order chi connectivity index (χ0) is 13.5. The molecule has 0 unspecified atom stereocenters. The summed E-state index contributed by atoms with van der Waals surface area (Å²) in [5.41, 5.74) is 6.21. The Balaban J connectivity index is 1.64. The fourth-order valence-corrected chi connectivity index (χ4v) is 2.55. The van der Waals surface area contributed by atoms with Gasteiger partial charge in [0.05, 0.1) is 11.2 Å². The number of carbonyl (C=O) groups excluding carboxylic acids is 1. The second kappa shape index (κ2) is 4.42. The molecule has 1 saturated heterocycles. The Morgan fingerprint density at radius 1 is 1.16 bits per heavy atom. The van der Waals surface area contributed by atoms with Gasteiger partial charge in [0.1, 0.15) is 5.75 Å². The lowest BCUT2D eigenvalue weighted by atomic mass is 10.2. The summed E-state index contributed by atoms with van der Waals surface area (Å²) in [6.07, 6.45) is 1.62. The Morgan fingerprint density at radius 3 is 2.37 bits per heavy atom. The molecule has 1 heterocycles. The summed E-state index contributed by atoms with van der Waals surface area (Å²) in [4.78, 5) is 16.1. The van der Waals surface area contributed by atoms with Crippen LogP contribution in [0.15, 0.2) is 24.3 Å². The monoisotopic (exact) mass is 261 g/mol. The standard InChI is InChI=1S/C14H19N3O2/c15-14(5-6-14)13(19)17-9-7-16(8-10-17)11-3-1-2-4-12(11)18/h1-4,18H,5-10,15H2. The molecular formula is C14H19N3O2. The molecule has 1 aromatic carbocycles. The summed E-state index contributed by atoms with van der Waals surface area (Å²) in [6, 6.07) is 7.31. The van der Waals surface area contributed by atoms with Gasteiger partial charge in [-0.2, -0.15) is 0 Å². The van der Waals surface area contributed by atoms with E-state index in [-0.39, 0.29) is 5.91 Å². The number of nitrogens with zero attached hydrogens (tertiary/aromatic N) is 2. The predicted octanol–water partition coefficient (Wildman–Crippen LogP) is 0.532. The van der Waals surface area contributed by atoms with Crippen molar-refractivity contribution in [3.8, 4) is 5.75 Å². The predicted molar refractivity (Wildman–Crippen MR) is 73.1 cm³/mol. The normalized spacial score (nSPS) is 21.3. The van der Waals surface area contributed by atoms with Gasteiger partial charge in [0.15, 0.2) is 0 Å². The van der Waals surface area contributed by atoms with E-state index < -0.39 is 5.54 Å². The highest BCUT2D eigenvalue weighted by atomic mass is 16.3. The molecule has 1 aliphatic heterocycles. The smallest absolute Gasteiger partial charge is 0.242 e. The third-order valence-corrected chi connectivity index (χ3v) is 4.00. The van der Waals surface area contributed by atoms with Crippen LogP contribution in [0.5, 0.6) is 5.75 Å². The van der Waals surface area contributed by atoms with E-state index in [9.17, 15) is 9.90 Å². The largest absolute Gasteiger partial charge is 0.506 e. The van der Waals surface area contributed by atoms with Crippen LogP contribution in [0.1, 0.15) is 12.8 Å². The van der Waals surface area contributed by atoms with Crippen molar-refractivity contribution < 1.29 is 9.90 Å². The molecule has 0 spiro atoms. The maximum Gasteiger partial charge on any atom is 0.242 e. The van der Waals surface area contributed by atoms with Gasteiger partial charge in [-0.15, -0.1) is 0 Å². The molecule has 0 bridgehead atoms. The Hall–Kier alpha value is -1.75. The molecule has 0 atom stereocenters. The summed E-state index contributed by atoms with van der Waals surface area (Å²) in [5, 5.41) is 9.83. The van der Waals surface area contributed by atoms with Crippen LogP contribution in [-0.2, 0) is 4.79 Å². The first-order chi connectivity index (χ1) is 9.10. The fraction of sp³-hybridized carbons (Fsp3) is 0.500. The van der Waals surface area contributed by atoms with Gasteiger partial charge in [0.25, 0.3) is 0 Å². The van der Waals surface area contributed by atoms with E-state index in [1.165, 1.54) is 0 Å². The molecule has 5 nitrogen and oxygen atoms in total. The van der Waals surface area contributed by atoms with Crippen molar-refractivity contribution >= 4 is 11.6 Å². The number of rotatable bonds is 2. The molecular weight excluding hydrogens is 242 g/mol. The molecule has 5 heteroatoms. The minimum absolute atomic E-state index is 0.0874. The molecule has 1 saturated carbocycles. The van der Waals surface area contributed by atoms with Crippen molar-refractivity contribution in [2.45, 2.75) is 18.4 Å². The summed E-state index contributed by atoms with van der Waals surface area (Å²) < 4.78 is 0. The number of amides is 1. The van der Waals surface area contributed by atoms with Crippen LogP contribution in [0.3, 0.4) is 0 Å². The Kier molecular flexibility index (Phi) is 2.86. The second-order valence-electron chi connectivity index (χ2n) is 5.42. The van der Waals surface area contributed by atoms with Gasteiger partial charge in [0, 0.05) is 26.2 Å². The van der Waals surface area contributed by atoms with Gasteiger partial charge in [0.2, 0.25) is 5.91 Å². The van der Waals surface area contributed by atoms with Crippen molar-refractivity contribution in [1.82, 2.24) is 4.90 Å². The van der Waals surface area contributed by atoms with Crippen molar-refractivity contribution in [3.63, 3.8) is 0 Å². The molecule has 1 aliphatic carbocycles. The van der Waals surface area contributed by atoms with E-state index >= 15 is 0 Å². The van der Waals surface area contributed by atoms with Gasteiger partial charge >= 0.3 is 0 Å². The third kappa shape index (κ3) is 2.26. The van der Waals surface area contributed by atoms with Crippen LogP contribution in [0.25, 0.3) is 0 Å². The molecule has 0 radical (unpaired) electrons. The van der Waals surface area contributed by atoms with E-state index in [1.54, 1.807) is 6.07 Å². The first-order valence-electron chi connectivity index (χ1n) is 6.71. The second-order valence-corrected chi connectivity index (χ2v) is 5.42. The van der Waals surface area contributed by atoms with Crippen LogP contribution in [0.2, 0.25) is 0 Å². The average molecular weight is 261 g/mol. The number of nitrogens with two attached hydrogens (primary N) is 1. The van der Waals surface area contributed by atoms with Crippen LogP contribution in [-0.4, -0.2) is 47.6 Å². The van der Waals surface area contributed by atoms with Crippen LogP contribution in [0, 0.1) is 0 Å². The van der Waals surface area contributed by atoms with Crippen molar-refractivity contribution in [2.75, 3.05) is 31.1 Å². The number of piperazine rings is 1. The first-order valence-corrected chi connectivity index (χ1v) is 6.71. The summed E-state index contributed by atoms with van der Waals surface area (Å²) >= 11 is 0. The minimum Gasteiger partial charge on any atom is -0.506 e. The SMILES string of the molecule is NC1(C(=O)N2CCN(c3ccccc3O)CC2)CC1. The third-order valence-electron chi connectivity index (χ3n) is 4.00. The summed E-state index contributed by atoms with van der Waals surface area (Å²) in [5.74, 6) is 0.379. The van der Waals surface area contributed by atoms with Crippen molar-refractivity contribution in [3.05, 3.63) is 24.3 Å². The van der Waals surface area contributed by atoms with E-state index in [0.717, 1.165) is 31.6 Å². The molecule has 1 aromatic rings. The average Bonchev–Trinajstić information content (AvgIpc) is 3.18. The zero-order valence-corrected chi connectivity index (χ0v) is 10.9. The molecule has 3 N–H and O–H groups in total. The highest BCUT2D eigenvalue weighted by molar-refractivity contribution is 5.89. The van der Waals surface area contributed by atoms with Gasteiger partial charge in [-0.1, -0.05) is 12.1 Å². The van der Waals surface area contributed by atoms with Crippen LogP contribution >= 0.6 is 0 Å². The lowest BCUT2D eigenvalue weighted by molar-refractivity contribution is -0.133. The number of phenolic OH excluding ortho intramolecular Hbond substituents is 1. The molecule has 0 aromatic heterocycles. The lowest BCUT2D eigenvalue weighted by Crippen LogP contribution is -2.54. The van der Waals surface area contributed by atoms with E-state index in [1.807, 2.05) is 23.1 Å². The quantitative estimate of drug-likeness (QED) is 0.815. The zero-order valence-electron chi connectivity index (χ0n) is 10.9. The lowest BCUT2D eigenvalue weighted by Gasteiger charge is -2.37. The fourth-order valence-electron chi connectivity index (χ4n) is 2.55. The van der Waals surface area contributed by atoms with Gasteiger partial charge in [-0.3, -0.25) is 4.79 Å². The maximum atomic E-state index is 12.1. The van der Waals surface area contributed by atoms with Crippen molar-refractivity contribution in [1.29, 1.82) is 0 Å². The number of hydrogen-bond donors (Lipinski definition) is 2. The van der Waals surface area contributed by atoms with Crippen molar-refractivity contribution in [2.24, 2.45) is 5.73 Å². The number of anilines is 1. The number of carbonyl (C=O) groups is 1. The number of phenols is 1. The highest BCUT2D eigenvalue weighted by Gasteiger charge is 2.48. The topological polar surface area (TPSA) is 69.8 Å². The highest BCUT2D eigenvalue weighted by Crippen LogP contribution is 2.35. The molecule has 3 rings (SSSR count). The Bertz CT molecular complexity index is 491. The maximum absolute atomic E-state index is 12.1. The van der Waals surface area contributed by atoms with Crippen LogP contribution < -0.4 is 10.6 Å². The summed E-state index contributed by atoms with van der Waals surface area (Å²) in [7, 11) is 0. The minimum atomic E-state index is -0.572. The molecule has 2 aliphatic rings. The van der Waals surface area contributed by atoms with Crippen LogP contribution in [0.4, 0.5) is 5.69 Å². The number of hydrogen-bond acceptors (Lipinski definition) is 4. The number of para-hydroxylation sites is 2. The van der Waals surface area contributed by atoms with E-state index in [4.69, 9.17) is 5.73 Å². The molecule has 1 amide bonds. The molecule has 2 fully saturated rings. The molecule has 102 valence electrons. The first kappa shape index (κ1) is 12.3.